The number of fused-ring (bicyclic) bond motifs is 1. The summed E-state index contributed by atoms with van der Waals surface area (Å²) < 4.78 is 40.6. The number of carbonyl (C=O) groups is 2. The van der Waals surface area contributed by atoms with Gasteiger partial charge >= 0.3 is 6.09 Å². The predicted octanol–water partition coefficient (Wildman–Crippen LogP) is 5.02. The molecule has 1 fully saturated rings. The molecule has 1 heterocycles. The van der Waals surface area contributed by atoms with E-state index in [9.17, 15) is 23.1 Å². The van der Waals surface area contributed by atoms with Crippen LogP contribution in [0.2, 0.25) is 0 Å². The molecule has 4 aromatic rings. The average molecular weight is 592 g/mol. The van der Waals surface area contributed by atoms with E-state index in [1.807, 2.05) is 29.9 Å². The highest BCUT2D eigenvalue weighted by atomic mass is 32.2. The summed E-state index contributed by atoms with van der Waals surface area (Å²) in [5.74, 6) is -1.76. The molecule has 42 heavy (non-hydrogen) atoms. The van der Waals surface area contributed by atoms with Crippen molar-refractivity contribution in [2.75, 3.05) is 12.4 Å². The van der Waals surface area contributed by atoms with Gasteiger partial charge in [0.1, 0.15) is 5.75 Å². The van der Waals surface area contributed by atoms with Crippen molar-refractivity contribution in [3.05, 3.63) is 89.1 Å². The number of rotatable bonds is 8. The van der Waals surface area contributed by atoms with Crippen LogP contribution in [0.25, 0.3) is 10.9 Å². The van der Waals surface area contributed by atoms with Crippen molar-refractivity contribution in [3.8, 4) is 5.75 Å². The lowest BCUT2D eigenvalue weighted by Crippen LogP contribution is -2.33. The number of hydrogen-bond acceptors (Lipinski definition) is 7. The summed E-state index contributed by atoms with van der Waals surface area (Å²) in [6, 6.07) is 16.7. The zero-order valence-electron chi connectivity index (χ0n) is 23.6. The summed E-state index contributed by atoms with van der Waals surface area (Å²) in [4.78, 5) is 25.4. The number of benzene rings is 3. The Bertz CT molecular complexity index is 1770. The molecule has 0 radical (unpaired) electrons. The van der Waals surface area contributed by atoms with E-state index in [2.05, 4.69) is 10.0 Å². The lowest BCUT2D eigenvalue weighted by molar-refractivity contribution is -0.151. The number of methoxy groups -OCH3 is 1. The highest BCUT2D eigenvalue weighted by Gasteiger charge is 2.35. The van der Waals surface area contributed by atoms with Gasteiger partial charge < -0.3 is 19.1 Å². The van der Waals surface area contributed by atoms with Gasteiger partial charge in [-0.25, -0.2) is 17.9 Å². The van der Waals surface area contributed by atoms with Gasteiger partial charge in [0.2, 0.25) is 5.79 Å². The van der Waals surface area contributed by atoms with E-state index in [0.717, 1.165) is 34.9 Å². The van der Waals surface area contributed by atoms with Gasteiger partial charge in [-0.1, -0.05) is 24.3 Å². The molecule has 0 atom stereocenters. The second-order valence-corrected chi connectivity index (χ2v) is 12.2. The third-order valence-corrected chi connectivity index (χ3v) is 9.02. The van der Waals surface area contributed by atoms with Crippen LogP contribution in [0.1, 0.15) is 52.7 Å². The summed E-state index contributed by atoms with van der Waals surface area (Å²) in [5.41, 5.74) is 3.85. The van der Waals surface area contributed by atoms with Gasteiger partial charge in [0.05, 0.1) is 12.0 Å². The van der Waals surface area contributed by atoms with Gasteiger partial charge in [-0.3, -0.25) is 10.1 Å². The van der Waals surface area contributed by atoms with Gasteiger partial charge in [0.25, 0.3) is 15.9 Å². The zero-order valence-corrected chi connectivity index (χ0v) is 24.5. The topological polar surface area (TPSA) is 136 Å². The van der Waals surface area contributed by atoms with E-state index in [4.69, 9.17) is 9.47 Å². The minimum Gasteiger partial charge on any atom is -0.496 e. The van der Waals surface area contributed by atoms with Crippen LogP contribution in [0, 0.1) is 6.92 Å². The maximum atomic E-state index is 12.9. The highest BCUT2D eigenvalue weighted by molar-refractivity contribution is 7.90. The maximum absolute atomic E-state index is 12.9. The smallest absolute Gasteiger partial charge is 0.414 e. The Kier molecular flexibility index (Phi) is 7.98. The first kappa shape index (κ1) is 29.2. The zero-order chi connectivity index (χ0) is 30.1. The molecule has 1 aromatic heterocycles. The molecule has 10 nitrogen and oxygen atoms in total. The average Bonchev–Trinajstić information content (AvgIpc) is 3.50. The Hall–Kier alpha value is -4.35. The molecule has 220 valence electrons. The number of aryl methyl sites for hydroxylation is 2. The summed E-state index contributed by atoms with van der Waals surface area (Å²) in [7, 11) is -0.652. The van der Waals surface area contributed by atoms with Crippen molar-refractivity contribution in [3.63, 3.8) is 0 Å². The van der Waals surface area contributed by atoms with Gasteiger partial charge in [0, 0.05) is 54.7 Å². The third-order valence-electron chi connectivity index (χ3n) is 7.53. The summed E-state index contributed by atoms with van der Waals surface area (Å²) in [5, 5.41) is 14.0. The van der Waals surface area contributed by atoms with Crippen LogP contribution in [0.4, 0.5) is 10.5 Å². The number of aliphatic hydroxyl groups is 1. The standard InChI is InChI=1S/C31H33N3O7S/c1-20-8-4-5-9-28(20)42(38,39)33-29(35)22-11-10-21(27(17-22)40-3)16-23-19-34(2)26-13-12-24(18-25(23)26)32-30(36)41-31(37)14-6-7-15-31/h4-5,8-13,17-19,37H,6-7,14-16H2,1-3H3,(H,32,36)(H,33,35). The van der Waals surface area contributed by atoms with Crippen molar-refractivity contribution in [1.29, 1.82) is 0 Å². The van der Waals surface area contributed by atoms with E-state index < -0.39 is 27.8 Å². The molecule has 0 spiro atoms. The normalized spacial score (nSPS) is 14.5. The molecule has 0 unspecified atom stereocenters. The van der Waals surface area contributed by atoms with Crippen molar-refractivity contribution in [2.24, 2.45) is 7.05 Å². The molecule has 3 aromatic carbocycles. The van der Waals surface area contributed by atoms with Crippen LogP contribution in [0.5, 0.6) is 5.75 Å². The first-order valence-electron chi connectivity index (χ1n) is 13.6. The first-order chi connectivity index (χ1) is 20.0. The minimum atomic E-state index is -4.06. The van der Waals surface area contributed by atoms with Crippen molar-refractivity contribution in [1.82, 2.24) is 9.29 Å². The van der Waals surface area contributed by atoms with Crippen molar-refractivity contribution >= 4 is 38.6 Å². The molecule has 11 heteroatoms. The molecule has 1 aliphatic carbocycles. The molecular formula is C31H33N3O7S. The molecule has 1 aliphatic rings. The van der Waals surface area contributed by atoms with E-state index >= 15 is 0 Å². The summed E-state index contributed by atoms with van der Waals surface area (Å²) in [6.07, 6.45) is 4.17. The number of nitrogens with zero attached hydrogens (tertiary/aromatic N) is 1. The largest absolute Gasteiger partial charge is 0.496 e. The molecule has 5 rings (SSSR count). The quantitative estimate of drug-likeness (QED) is 0.245. The number of carbonyl (C=O) groups excluding carboxylic acids is 2. The monoisotopic (exact) mass is 591 g/mol. The summed E-state index contributed by atoms with van der Waals surface area (Å²) >= 11 is 0. The lowest BCUT2D eigenvalue weighted by Gasteiger charge is -2.22. The molecule has 1 saturated carbocycles. The van der Waals surface area contributed by atoms with Crippen molar-refractivity contribution in [2.45, 2.75) is 49.7 Å². The second-order valence-electron chi connectivity index (χ2n) is 10.6. The Balaban J connectivity index is 1.35. The molecule has 3 N–H and O–H groups in total. The van der Waals surface area contributed by atoms with Gasteiger partial charge in [0.15, 0.2) is 0 Å². The number of ether oxygens (including phenoxy) is 2. The van der Waals surface area contributed by atoms with Crippen LogP contribution in [0.15, 0.2) is 71.8 Å². The molecule has 0 saturated heterocycles. The van der Waals surface area contributed by atoms with Crippen molar-refractivity contribution < 1.29 is 32.6 Å². The van der Waals surface area contributed by atoms with Gasteiger partial charge in [-0.2, -0.15) is 0 Å². The van der Waals surface area contributed by atoms with E-state index in [-0.39, 0.29) is 10.5 Å². The number of nitrogens with one attached hydrogen (secondary N) is 2. The SMILES string of the molecule is COc1cc(C(=O)NS(=O)(=O)c2ccccc2C)ccc1Cc1cn(C)c2ccc(NC(=O)OC3(O)CCCC3)cc12. The molecular weight excluding hydrogens is 558 g/mol. The van der Waals surface area contributed by atoms with Crippen LogP contribution in [-0.4, -0.2) is 43.0 Å². The number of anilines is 1. The number of sulfonamides is 1. The van der Waals surface area contributed by atoms with E-state index in [1.54, 1.807) is 43.3 Å². The first-order valence-corrected chi connectivity index (χ1v) is 15.1. The number of aromatic nitrogens is 1. The number of amides is 2. The maximum Gasteiger partial charge on any atom is 0.414 e. The molecule has 0 aliphatic heterocycles. The second kappa shape index (κ2) is 11.5. The lowest BCUT2D eigenvalue weighted by atomic mass is 10.0. The summed E-state index contributed by atoms with van der Waals surface area (Å²) in [6.45, 7) is 1.66. The van der Waals surface area contributed by atoms with Crippen LogP contribution in [-0.2, 0) is 28.2 Å². The van der Waals surface area contributed by atoms with E-state index in [1.165, 1.54) is 19.2 Å². The highest BCUT2D eigenvalue weighted by Crippen LogP contribution is 2.32. The Morgan fingerprint density at radius 3 is 2.48 bits per heavy atom. The third kappa shape index (κ3) is 6.12. The van der Waals surface area contributed by atoms with Crippen LogP contribution in [0.3, 0.4) is 0 Å². The molecule has 2 amide bonds. The fourth-order valence-electron chi connectivity index (χ4n) is 5.37. The molecule has 0 bridgehead atoms. The fraction of sp³-hybridized carbons (Fsp3) is 0.290. The Morgan fingerprint density at radius 2 is 1.76 bits per heavy atom. The Labute approximate surface area is 244 Å². The predicted molar refractivity (Wildman–Crippen MR) is 158 cm³/mol. The number of hydrogen-bond donors (Lipinski definition) is 3. The van der Waals surface area contributed by atoms with E-state index in [0.29, 0.717) is 36.3 Å². The fourth-order valence-corrected chi connectivity index (χ4v) is 6.59. The van der Waals surface area contributed by atoms with Crippen LogP contribution >= 0.6 is 0 Å². The Morgan fingerprint density at radius 1 is 1.02 bits per heavy atom. The minimum absolute atomic E-state index is 0.0365. The van der Waals surface area contributed by atoms with Gasteiger partial charge in [-0.05, 0) is 72.9 Å². The van der Waals surface area contributed by atoms with Gasteiger partial charge in [-0.15, -0.1) is 0 Å². The van der Waals surface area contributed by atoms with Crippen LogP contribution < -0.4 is 14.8 Å².